The zero-order valence-corrected chi connectivity index (χ0v) is 20.7. The van der Waals surface area contributed by atoms with Gasteiger partial charge in [-0.2, -0.15) is 0 Å². The Morgan fingerprint density at radius 1 is 1.03 bits per heavy atom. The third-order valence-electron chi connectivity index (χ3n) is 6.38. The largest absolute Gasteiger partial charge is 0.497 e. The lowest BCUT2D eigenvalue weighted by Gasteiger charge is -2.15. The van der Waals surface area contributed by atoms with Crippen LogP contribution in [0.25, 0.3) is 16.7 Å². The average Bonchev–Trinajstić information content (AvgIpc) is 2.92. The molecular weight excluding hydrogens is 466 g/mol. The van der Waals surface area contributed by atoms with E-state index in [0.29, 0.717) is 30.8 Å². The highest BCUT2D eigenvalue weighted by Crippen LogP contribution is 2.14. The Morgan fingerprint density at radius 3 is 2.49 bits per heavy atom. The molecule has 0 saturated carbocycles. The molecule has 186 valence electrons. The van der Waals surface area contributed by atoms with Gasteiger partial charge >= 0.3 is 0 Å². The second-order valence-electron chi connectivity index (χ2n) is 8.92. The highest BCUT2D eigenvalue weighted by Gasteiger charge is 2.17. The number of benzene rings is 2. The van der Waals surface area contributed by atoms with Crippen LogP contribution in [0.4, 0.5) is 0 Å². The number of carbonyl (C=O) groups is 1. The Morgan fingerprint density at radius 2 is 1.76 bits per heavy atom. The molecule has 0 bridgehead atoms. The summed E-state index contributed by atoms with van der Waals surface area (Å²) in [6.45, 7) is 2.70. The molecule has 37 heavy (non-hydrogen) atoms. The number of methoxy groups -OCH3 is 1. The SMILES string of the molecule is COc1ccc(CCNC(=O)c2cc3c(=O)n4ccccc4nc3n(Cc3ccc(C)cc3)c2=N)cc1. The number of hydrogen-bond acceptors (Lipinski definition) is 5. The molecule has 5 aromatic rings. The Bertz CT molecular complexity index is 1720. The number of amides is 1. The van der Waals surface area contributed by atoms with Crippen molar-refractivity contribution in [1.82, 2.24) is 19.3 Å². The third kappa shape index (κ3) is 4.86. The standard InChI is InChI=1S/C29H27N5O3/c1-19-6-8-21(9-7-19)18-34-26(30)23(28(35)31-15-14-20-10-12-22(37-2)13-11-20)17-24-27(34)32-25-5-3-4-16-33(25)29(24)36/h3-13,16-17,30H,14-15,18H2,1-2H3,(H,31,35). The van der Waals surface area contributed by atoms with Gasteiger partial charge < -0.3 is 14.6 Å². The summed E-state index contributed by atoms with van der Waals surface area (Å²) in [5.41, 5.74) is 3.81. The number of hydrogen-bond donors (Lipinski definition) is 2. The van der Waals surface area contributed by atoms with Gasteiger partial charge in [-0.25, -0.2) is 4.98 Å². The summed E-state index contributed by atoms with van der Waals surface area (Å²) in [5.74, 6) is 0.365. The topological polar surface area (TPSA) is 101 Å². The van der Waals surface area contributed by atoms with E-state index in [1.807, 2.05) is 61.5 Å². The summed E-state index contributed by atoms with van der Waals surface area (Å²) in [7, 11) is 1.62. The lowest BCUT2D eigenvalue weighted by molar-refractivity contribution is 0.0951. The van der Waals surface area contributed by atoms with Crippen LogP contribution in [0.3, 0.4) is 0 Å². The van der Waals surface area contributed by atoms with E-state index in [9.17, 15) is 9.59 Å². The molecule has 0 aliphatic carbocycles. The smallest absolute Gasteiger partial charge is 0.267 e. The molecule has 3 heterocycles. The molecule has 0 aliphatic heterocycles. The summed E-state index contributed by atoms with van der Waals surface area (Å²) < 4.78 is 8.27. The number of rotatable bonds is 7. The lowest BCUT2D eigenvalue weighted by Crippen LogP contribution is -2.35. The number of aryl methyl sites for hydroxylation is 1. The van der Waals surface area contributed by atoms with Gasteiger partial charge in [0.25, 0.3) is 11.5 Å². The fourth-order valence-electron chi connectivity index (χ4n) is 4.30. The van der Waals surface area contributed by atoms with Crippen LogP contribution in [0.1, 0.15) is 27.0 Å². The quantitative estimate of drug-likeness (QED) is 0.339. The lowest BCUT2D eigenvalue weighted by atomic mass is 10.1. The Hall–Kier alpha value is -4.72. The number of fused-ring (bicyclic) bond motifs is 2. The van der Waals surface area contributed by atoms with Gasteiger partial charge in [-0.1, -0.05) is 48.0 Å². The van der Waals surface area contributed by atoms with E-state index in [2.05, 4.69) is 5.32 Å². The highest BCUT2D eigenvalue weighted by atomic mass is 16.5. The van der Waals surface area contributed by atoms with Crippen LogP contribution >= 0.6 is 0 Å². The van der Waals surface area contributed by atoms with Crippen LogP contribution < -0.4 is 21.1 Å². The summed E-state index contributed by atoms with van der Waals surface area (Å²) in [5, 5.41) is 12.1. The molecule has 0 aliphatic rings. The predicted molar refractivity (Wildman–Crippen MR) is 142 cm³/mol. The first-order chi connectivity index (χ1) is 17.9. The van der Waals surface area contributed by atoms with Crippen LogP contribution in [-0.2, 0) is 13.0 Å². The maximum absolute atomic E-state index is 13.4. The molecule has 8 nitrogen and oxygen atoms in total. The van der Waals surface area contributed by atoms with Crippen LogP contribution in [-0.4, -0.2) is 33.5 Å². The predicted octanol–water partition coefficient (Wildman–Crippen LogP) is 3.47. The van der Waals surface area contributed by atoms with E-state index in [4.69, 9.17) is 15.1 Å². The van der Waals surface area contributed by atoms with E-state index < -0.39 is 5.91 Å². The van der Waals surface area contributed by atoms with Gasteiger partial charge in [0.1, 0.15) is 22.5 Å². The second kappa shape index (κ2) is 10.1. The van der Waals surface area contributed by atoms with Crippen molar-refractivity contribution >= 4 is 22.6 Å². The average molecular weight is 494 g/mol. The first-order valence-corrected chi connectivity index (χ1v) is 12.0. The number of nitrogens with one attached hydrogen (secondary N) is 2. The van der Waals surface area contributed by atoms with E-state index in [1.165, 1.54) is 10.5 Å². The molecule has 0 spiro atoms. The molecule has 5 rings (SSSR count). The second-order valence-corrected chi connectivity index (χ2v) is 8.92. The zero-order valence-electron chi connectivity index (χ0n) is 20.7. The molecule has 0 fully saturated rings. The van der Waals surface area contributed by atoms with Crippen LogP contribution in [0.5, 0.6) is 5.75 Å². The number of nitrogens with zero attached hydrogens (tertiary/aromatic N) is 3. The molecule has 2 aromatic carbocycles. The monoisotopic (exact) mass is 493 g/mol. The number of ether oxygens (including phenoxy) is 1. The number of aromatic nitrogens is 3. The molecule has 0 saturated heterocycles. The molecule has 0 atom stereocenters. The minimum absolute atomic E-state index is 0.00204. The maximum atomic E-state index is 13.4. The summed E-state index contributed by atoms with van der Waals surface area (Å²) in [6, 6.07) is 22.4. The van der Waals surface area contributed by atoms with Gasteiger partial charge in [-0.05, 0) is 54.8 Å². The molecule has 8 heteroatoms. The fraction of sp³-hybridized carbons (Fsp3) is 0.172. The molecule has 0 radical (unpaired) electrons. The van der Waals surface area contributed by atoms with Crippen LogP contribution in [0.15, 0.2) is 83.8 Å². The summed E-state index contributed by atoms with van der Waals surface area (Å²) >= 11 is 0. The van der Waals surface area contributed by atoms with Crippen molar-refractivity contribution in [3.05, 3.63) is 117 Å². The van der Waals surface area contributed by atoms with Gasteiger partial charge in [0.2, 0.25) is 0 Å². The molecule has 0 unspecified atom stereocenters. The van der Waals surface area contributed by atoms with Gasteiger partial charge in [-0.15, -0.1) is 0 Å². The molecular formula is C29H27N5O3. The summed E-state index contributed by atoms with van der Waals surface area (Å²) in [4.78, 5) is 31.3. The van der Waals surface area contributed by atoms with Crippen molar-refractivity contribution in [1.29, 1.82) is 5.41 Å². The summed E-state index contributed by atoms with van der Waals surface area (Å²) in [6.07, 6.45) is 2.27. The number of carbonyl (C=O) groups excluding carboxylic acids is 1. The Labute approximate surface area is 213 Å². The third-order valence-corrected chi connectivity index (χ3v) is 6.38. The van der Waals surface area contributed by atoms with Crippen molar-refractivity contribution in [2.45, 2.75) is 19.9 Å². The molecule has 2 N–H and O–H groups in total. The zero-order chi connectivity index (χ0) is 25.9. The van der Waals surface area contributed by atoms with Gasteiger partial charge in [-0.3, -0.25) is 19.4 Å². The van der Waals surface area contributed by atoms with Crippen molar-refractivity contribution in [3.63, 3.8) is 0 Å². The van der Waals surface area contributed by atoms with Crippen molar-refractivity contribution < 1.29 is 9.53 Å². The van der Waals surface area contributed by atoms with Crippen molar-refractivity contribution in [2.24, 2.45) is 0 Å². The Kier molecular flexibility index (Phi) is 6.55. The van der Waals surface area contributed by atoms with E-state index in [1.54, 1.807) is 30.0 Å². The maximum Gasteiger partial charge on any atom is 0.267 e. The van der Waals surface area contributed by atoms with E-state index in [0.717, 1.165) is 22.4 Å². The van der Waals surface area contributed by atoms with Crippen molar-refractivity contribution in [2.75, 3.05) is 13.7 Å². The van der Waals surface area contributed by atoms with Gasteiger partial charge in [0.05, 0.1) is 24.6 Å². The number of pyridine rings is 2. The van der Waals surface area contributed by atoms with Gasteiger partial charge in [0, 0.05) is 12.7 Å². The first kappa shape index (κ1) is 24.0. The minimum atomic E-state index is -0.407. The van der Waals surface area contributed by atoms with Crippen LogP contribution in [0.2, 0.25) is 0 Å². The van der Waals surface area contributed by atoms with Gasteiger partial charge in [0.15, 0.2) is 0 Å². The van der Waals surface area contributed by atoms with E-state index >= 15 is 0 Å². The minimum Gasteiger partial charge on any atom is -0.497 e. The normalized spacial score (nSPS) is 11.1. The molecule has 1 amide bonds. The molecule has 3 aromatic heterocycles. The van der Waals surface area contributed by atoms with Crippen molar-refractivity contribution in [3.8, 4) is 5.75 Å². The fourth-order valence-corrected chi connectivity index (χ4v) is 4.30. The van der Waals surface area contributed by atoms with E-state index in [-0.39, 0.29) is 22.0 Å². The first-order valence-electron chi connectivity index (χ1n) is 12.0. The van der Waals surface area contributed by atoms with Crippen LogP contribution in [0, 0.1) is 12.3 Å². The Balaban J connectivity index is 1.54. The highest BCUT2D eigenvalue weighted by molar-refractivity contribution is 5.96.